The fourth-order valence-corrected chi connectivity index (χ4v) is 3.26. The minimum absolute atomic E-state index is 0.119. The highest BCUT2D eigenvalue weighted by atomic mass is 32.1. The molecule has 1 N–H and O–H groups in total. The first-order valence-corrected chi connectivity index (χ1v) is 8.53. The first kappa shape index (κ1) is 15.8. The largest absolute Gasteiger partial charge is 0.380 e. The van der Waals surface area contributed by atoms with Gasteiger partial charge in [0.2, 0.25) is 5.91 Å². The predicted octanol–water partition coefficient (Wildman–Crippen LogP) is 3.63. The average Bonchev–Trinajstić information content (AvgIpc) is 3.25. The molecule has 0 radical (unpaired) electrons. The van der Waals surface area contributed by atoms with Crippen molar-refractivity contribution in [1.29, 1.82) is 0 Å². The summed E-state index contributed by atoms with van der Waals surface area (Å²) in [5, 5.41) is 4.87. The minimum Gasteiger partial charge on any atom is -0.380 e. The van der Waals surface area contributed by atoms with Crippen molar-refractivity contribution in [2.75, 3.05) is 30.4 Å². The molecule has 5 heteroatoms. The Bertz CT molecular complexity index is 665. The van der Waals surface area contributed by atoms with Crippen LogP contribution in [0.4, 0.5) is 11.4 Å². The molecule has 1 aromatic carbocycles. The summed E-state index contributed by atoms with van der Waals surface area (Å²) in [5.74, 6) is -0.119. The summed E-state index contributed by atoms with van der Waals surface area (Å²) >= 11 is 1.61. The maximum Gasteiger partial charge on any atom is 0.248 e. The molecule has 4 nitrogen and oxygen atoms in total. The van der Waals surface area contributed by atoms with Gasteiger partial charge in [-0.05, 0) is 48.2 Å². The van der Waals surface area contributed by atoms with E-state index >= 15 is 0 Å². The van der Waals surface area contributed by atoms with Gasteiger partial charge >= 0.3 is 0 Å². The van der Waals surface area contributed by atoms with Crippen LogP contribution in [-0.4, -0.2) is 32.2 Å². The molecule has 1 aliphatic heterocycles. The highest BCUT2D eigenvalue weighted by Crippen LogP contribution is 2.23. The molecule has 120 valence electrons. The number of hydrogen-bond acceptors (Lipinski definition) is 4. The van der Waals surface area contributed by atoms with Gasteiger partial charge in [0.25, 0.3) is 0 Å². The zero-order chi connectivity index (χ0) is 16.1. The number of thiophene rings is 1. The van der Waals surface area contributed by atoms with E-state index in [1.54, 1.807) is 24.5 Å². The second-order valence-corrected chi connectivity index (χ2v) is 6.46. The molecule has 23 heavy (non-hydrogen) atoms. The maximum absolute atomic E-state index is 11.9. The number of hydrogen-bond donors (Lipinski definition) is 1. The number of methoxy groups -OCH3 is 1. The molecule has 1 atom stereocenters. The Hall–Kier alpha value is -2.11. The lowest BCUT2D eigenvalue weighted by Crippen LogP contribution is -2.22. The second kappa shape index (κ2) is 7.44. The Balaban J connectivity index is 1.56. The van der Waals surface area contributed by atoms with Crippen LogP contribution < -0.4 is 10.2 Å². The Morgan fingerprint density at radius 1 is 1.35 bits per heavy atom. The highest BCUT2D eigenvalue weighted by Gasteiger charge is 2.21. The summed E-state index contributed by atoms with van der Waals surface area (Å²) in [5.41, 5.74) is 1.97. The molecular formula is C18H20N2O2S. The van der Waals surface area contributed by atoms with Gasteiger partial charge in [0.05, 0.1) is 6.10 Å². The Morgan fingerprint density at radius 2 is 2.17 bits per heavy atom. The quantitative estimate of drug-likeness (QED) is 0.852. The molecule has 2 aromatic rings. The summed E-state index contributed by atoms with van der Waals surface area (Å²) < 4.78 is 5.39. The monoisotopic (exact) mass is 328 g/mol. The number of ether oxygens (including phenoxy) is 1. The molecule has 1 unspecified atom stereocenters. The van der Waals surface area contributed by atoms with Crippen molar-refractivity contribution in [2.24, 2.45) is 0 Å². The number of benzene rings is 1. The van der Waals surface area contributed by atoms with Gasteiger partial charge in [-0.25, -0.2) is 0 Å². The third-order valence-electron chi connectivity index (χ3n) is 3.92. The lowest BCUT2D eigenvalue weighted by atomic mass is 10.2. The van der Waals surface area contributed by atoms with Gasteiger partial charge in [0.15, 0.2) is 0 Å². The SMILES string of the molecule is COC1CCN(c2ccc(NC(=O)C=Cc3cccs3)cc2)C1. The number of nitrogens with zero attached hydrogens (tertiary/aromatic N) is 1. The molecule has 1 aromatic heterocycles. The van der Waals surface area contributed by atoms with E-state index in [2.05, 4.69) is 10.2 Å². The molecule has 1 amide bonds. The lowest BCUT2D eigenvalue weighted by molar-refractivity contribution is -0.111. The first-order chi connectivity index (χ1) is 11.2. The van der Waals surface area contributed by atoms with Gasteiger partial charge in [-0.3, -0.25) is 4.79 Å². The average molecular weight is 328 g/mol. The Labute approximate surface area is 140 Å². The van der Waals surface area contributed by atoms with Gasteiger partial charge in [0.1, 0.15) is 0 Å². The zero-order valence-corrected chi connectivity index (χ0v) is 13.9. The summed E-state index contributed by atoms with van der Waals surface area (Å²) in [6.07, 6.45) is 4.76. The lowest BCUT2D eigenvalue weighted by Gasteiger charge is -2.18. The molecule has 0 saturated carbocycles. The summed E-state index contributed by atoms with van der Waals surface area (Å²) in [6.45, 7) is 1.93. The van der Waals surface area contributed by atoms with Crippen LogP contribution in [0, 0.1) is 0 Å². The van der Waals surface area contributed by atoms with Crippen molar-refractivity contribution in [3.8, 4) is 0 Å². The number of rotatable bonds is 5. The van der Waals surface area contributed by atoms with Crippen LogP contribution in [0.3, 0.4) is 0 Å². The fourth-order valence-electron chi connectivity index (χ4n) is 2.64. The molecule has 0 spiro atoms. The van der Waals surface area contributed by atoms with Crippen LogP contribution in [0.15, 0.2) is 47.9 Å². The standard InChI is InChI=1S/C18H20N2O2S/c1-22-16-10-11-20(13-16)15-6-4-14(5-7-15)19-18(21)9-8-17-3-2-12-23-17/h2-9,12,16H,10-11,13H2,1H3,(H,19,21). The molecule has 3 rings (SSSR count). The van der Waals surface area contributed by atoms with Crippen LogP contribution in [0.1, 0.15) is 11.3 Å². The molecule has 2 heterocycles. The van der Waals surface area contributed by atoms with Crippen molar-refractivity contribution in [1.82, 2.24) is 0 Å². The van der Waals surface area contributed by atoms with Gasteiger partial charge < -0.3 is 15.0 Å². The van der Waals surface area contributed by atoms with Gasteiger partial charge in [0, 0.05) is 42.5 Å². The molecule has 1 fully saturated rings. The van der Waals surface area contributed by atoms with Crippen LogP contribution in [0.2, 0.25) is 0 Å². The van der Waals surface area contributed by atoms with Gasteiger partial charge in [-0.15, -0.1) is 11.3 Å². The van der Waals surface area contributed by atoms with E-state index in [4.69, 9.17) is 4.74 Å². The van der Waals surface area contributed by atoms with E-state index in [0.717, 1.165) is 35.8 Å². The van der Waals surface area contributed by atoms with Crippen molar-refractivity contribution >= 4 is 34.7 Å². The summed E-state index contributed by atoms with van der Waals surface area (Å²) in [6, 6.07) is 11.9. The topological polar surface area (TPSA) is 41.6 Å². The van der Waals surface area contributed by atoms with E-state index < -0.39 is 0 Å². The third kappa shape index (κ3) is 4.21. The first-order valence-electron chi connectivity index (χ1n) is 7.65. The Morgan fingerprint density at radius 3 is 2.83 bits per heavy atom. The van der Waals surface area contributed by atoms with E-state index in [1.165, 1.54) is 0 Å². The fraction of sp³-hybridized carbons (Fsp3) is 0.278. The number of amides is 1. The third-order valence-corrected chi connectivity index (χ3v) is 4.76. The van der Waals surface area contributed by atoms with Crippen molar-refractivity contribution in [2.45, 2.75) is 12.5 Å². The van der Waals surface area contributed by atoms with Crippen LogP contribution in [-0.2, 0) is 9.53 Å². The van der Waals surface area contributed by atoms with Crippen LogP contribution >= 0.6 is 11.3 Å². The minimum atomic E-state index is -0.119. The zero-order valence-electron chi connectivity index (χ0n) is 13.1. The second-order valence-electron chi connectivity index (χ2n) is 5.48. The predicted molar refractivity (Wildman–Crippen MR) is 96.1 cm³/mol. The van der Waals surface area contributed by atoms with E-state index in [0.29, 0.717) is 6.10 Å². The maximum atomic E-state index is 11.9. The van der Waals surface area contributed by atoms with Gasteiger partial charge in [-0.2, -0.15) is 0 Å². The molecule has 0 aliphatic carbocycles. The summed E-state index contributed by atoms with van der Waals surface area (Å²) in [4.78, 5) is 15.3. The molecule has 1 aliphatic rings. The van der Waals surface area contributed by atoms with Crippen molar-refractivity contribution in [3.63, 3.8) is 0 Å². The summed E-state index contributed by atoms with van der Waals surface area (Å²) in [7, 11) is 1.76. The smallest absolute Gasteiger partial charge is 0.248 e. The molecular weight excluding hydrogens is 308 g/mol. The Kier molecular flexibility index (Phi) is 5.10. The molecule has 1 saturated heterocycles. The highest BCUT2D eigenvalue weighted by molar-refractivity contribution is 7.10. The number of nitrogens with one attached hydrogen (secondary N) is 1. The van der Waals surface area contributed by atoms with Crippen molar-refractivity contribution < 1.29 is 9.53 Å². The van der Waals surface area contributed by atoms with E-state index in [1.807, 2.05) is 47.9 Å². The van der Waals surface area contributed by atoms with Crippen molar-refractivity contribution in [3.05, 3.63) is 52.7 Å². The number of anilines is 2. The van der Waals surface area contributed by atoms with Crippen LogP contribution in [0.25, 0.3) is 6.08 Å². The van der Waals surface area contributed by atoms with Crippen LogP contribution in [0.5, 0.6) is 0 Å². The molecule has 0 bridgehead atoms. The normalized spacial score (nSPS) is 17.8. The van der Waals surface area contributed by atoms with E-state index in [-0.39, 0.29) is 5.91 Å². The van der Waals surface area contributed by atoms with Gasteiger partial charge in [-0.1, -0.05) is 6.07 Å². The number of carbonyl (C=O) groups excluding carboxylic acids is 1. The number of carbonyl (C=O) groups is 1. The van der Waals surface area contributed by atoms with E-state index in [9.17, 15) is 4.79 Å².